The third-order valence-corrected chi connectivity index (χ3v) is 6.75. The first-order valence-electron chi connectivity index (χ1n) is 8.67. The SMILES string of the molecule is CCN1C[C@H]2C3(CCN(C(C)=O)CC3)CC[C@@]2(C(=O)NC)C1. The van der Waals surface area contributed by atoms with E-state index in [0.29, 0.717) is 5.92 Å². The molecular weight excluding hydrogens is 278 g/mol. The second-order valence-corrected chi connectivity index (χ2v) is 7.48. The molecule has 2 atom stereocenters. The van der Waals surface area contributed by atoms with Gasteiger partial charge in [0.1, 0.15) is 0 Å². The van der Waals surface area contributed by atoms with E-state index in [1.165, 1.54) is 0 Å². The quantitative estimate of drug-likeness (QED) is 0.831. The molecule has 5 nitrogen and oxygen atoms in total. The van der Waals surface area contributed by atoms with Crippen LogP contribution in [0.5, 0.6) is 0 Å². The fourth-order valence-electron chi connectivity index (χ4n) is 5.38. The minimum absolute atomic E-state index is 0.187. The van der Waals surface area contributed by atoms with Crippen molar-refractivity contribution in [3.05, 3.63) is 0 Å². The summed E-state index contributed by atoms with van der Waals surface area (Å²) >= 11 is 0. The van der Waals surface area contributed by atoms with Gasteiger partial charge in [-0.3, -0.25) is 9.59 Å². The molecule has 2 amide bonds. The number of nitrogens with one attached hydrogen (secondary N) is 1. The van der Waals surface area contributed by atoms with Crippen molar-refractivity contribution in [2.45, 2.75) is 39.5 Å². The van der Waals surface area contributed by atoms with Gasteiger partial charge in [0.05, 0.1) is 5.41 Å². The van der Waals surface area contributed by atoms with Crippen LogP contribution in [0.1, 0.15) is 39.5 Å². The largest absolute Gasteiger partial charge is 0.359 e. The van der Waals surface area contributed by atoms with Crippen molar-refractivity contribution in [1.82, 2.24) is 15.1 Å². The third kappa shape index (κ3) is 2.16. The molecule has 124 valence electrons. The van der Waals surface area contributed by atoms with Crippen LogP contribution in [0.15, 0.2) is 0 Å². The molecule has 0 aromatic rings. The van der Waals surface area contributed by atoms with Crippen LogP contribution >= 0.6 is 0 Å². The molecule has 0 unspecified atom stereocenters. The lowest BCUT2D eigenvalue weighted by atomic mass is 9.65. The summed E-state index contributed by atoms with van der Waals surface area (Å²) in [5, 5.41) is 2.93. The van der Waals surface area contributed by atoms with Crippen LogP contribution in [0.4, 0.5) is 0 Å². The first kappa shape index (κ1) is 15.8. The zero-order valence-electron chi connectivity index (χ0n) is 14.2. The molecule has 2 heterocycles. The van der Waals surface area contributed by atoms with Gasteiger partial charge < -0.3 is 15.1 Å². The van der Waals surface area contributed by atoms with Crippen LogP contribution in [-0.4, -0.2) is 61.4 Å². The maximum absolute atomic E-state index is 12.7. The average molecular weight is 307 g/mol. The Morgan fingerprint density at radius 3 is 2.41 bits per heavy atom. The van der Waals surface area contributed by atoms with E-state index < -0.39 is 0 Å². The number of rotatable bonds is 2. The number of amides is 2. The van der Waals surface area contributed by atoms with Gasteiger partial charge in [0.25, 0.3) is 0 Å². The highest BCUT2D eigenvalue weighted by molar-refractivity contribution is 5.84. The number of likely N-dealkylation sites (tertiary alicyclic amines) is 2. The Morgan fingerprint density at radius 2 is 1.86 bits per heavy atom. The molecule has 22 heavy (non-hydrogen) atoms. The van der Waals surface area contributed by atoms with Gasteiger partial charge in [-0.1, -0.05) is 6.92 Å². The molecule has 1 saturated carbocycles. The summed E-state index contributed by atoms with van der Waals surface area (Å²) in [6.07, 6.45) is 4.28. The van der Waals surface area contributed by atoms with Crippen molar-refractivity contribution in [2.24, 2.45) is 16.7 Å². The lowest BCUT2D eigenvalue weighted by Crippen LogP contribution is -2.49. The molecule has 1 aliphatic carbocycles. The topological polar surface area (TPSA) is 52.7 Å². The highest BCUT2D eigenvalue weighted by Crippen LogP contribution is 2.61. The van der Waals surface area contributed by atoms with E-state index in [1.54, 1.807) is 14.0 Å². The predicted octanol–water partition coefficient (Wildman–Crippen LogP) is 1.09. The maximum Gasteiger partial charge on any atom is 0.227 e. The highest BCUT2D eigenvalue weighted by atomic mass is 16.2. The molecule has 0 bridgehead atoms. The minimum atomic E-state index is -0.191. The number of nitrogens with zero attached hydrogens (tertiary/aromatic N) is 2. The van der Waals surface area contributed by atoms with Crippen LogP contribution in [0.25, 0.3) is 0 Å². The van der Waals surface area contributed by atoms with E-state index in [2.05, 4.69) is 17.1 Å². The molecule has 2 aliphatic heterocycles. The molecule has 3 aliphatic rings. The van der Waals surface area contributed by atoms with Crippen LogP contribution in [0, 0.1) is 16.7 Å². The Labute approximate surface area is 133 Å². The van der Waals surface area contributed by atoms with Crippen LogP contribution in [0.3, 0.4) is 0 Å². The molecule has 5 heteroatoms. The molecule has 1 N–H and O–H groups in total. The van der Waals surface area contributed by atoms with E-state index in [1.807, 2.05) is 4.90 Å². The summed E-state index contributed by atoms with van der Waals surface area (Å²) in [5.41, 5.74) is 0.0749. The highest BCUT2D eigenvalue weighted by Gasteiger charge is 2.63. The van der Waals surface area contributed by atoms with Crippen LogP contribution < -0.4 is 5.32 Å². The first-order chi connectivity index (χ1) is 10.5. The van der Waals surface area contributed by atoms with Crippen molar-refractivity contribution in [1.29, 1.82) is 0 Å². The van der Waals surface area contributed by atoms with Gasteiger partial charge in [0.2, 0.25) is 11.8 Å². The van der Waals surface area contributed by atoms with Gasteiger partial charge >= 0.3 is 0 Å². The van der Waals surface area contributed by atoms with Crippen molar-refractivity contribution >= 4 is 11.8 Å². The second-order valence-electron chi connectivity index (χ2n) is 7.48. The second kappa shape index (κ2) is 5.52. The van der Waals surface area contributed by atoms with Crippen molar-refractivity contribution in [3.63, 3.8) is 0 Å². The van der Waals surface area contributed by atoms with Gasteiger partial charge in [-0.05, 0) is 43.6 Å². The van der Waals surface area contributed by atoms with Gasteiger partial charge in [0, 0.05) is 40.2 Å². The summed E-state index contributed by atoms with van der Waals surface area (Å²) in [7, 11) is 1.77. The molecule has 0 aromatic carbocycles. The van der Waals surface area contributed by atoms with Crippen molar-refractivity contribution in [3.8, 4) is 0 Å². The van der Waals surface area contributed by atoms with Crippen molar-refractivity contribution < 1.29 is 9.59 Å². The Hall–Kier alpha value is -1.10. The monoisotopic (exact) mass is 307 g/mol. The lowest BCUT2D eigenvalue weighted by molar-refractivity contribution is -0.135. The molecule has 3 rings (SSSR count). The average Bonchev–Trinajstić information content (AvgIpc) is 3.04. The van der Waals surface area contributed by atoms with Crippen molar-refractivity contribution in [2.75, 3.05) is 39.8 Å². The molecule has 2 saturated heterocycles. The molecule has 0 radical (unpaired) electrons. The summed E-state index contributed by atoms with van der Waals surface area (Å²) in [5.74, 6) is 0.875. The van der Waals surface area contributed by atoms with E-state index in [9.17, 15) is 9.59 Å². The fraction of sp³-hybridized carbons (Fsp3) is 0.882. The number of carbonyl (C=O) groups excluding carboxylic acids is 2. The van der Waals surface area contributed by atoms with E-state index in [-0.39, 0.29) is 22.6 Å². The molecular formula is C17H29N3O2. The first-order valence-corrected chi connectivity index (χ1v) is 8.67. The Morgan fingerprint density at radius 1 is 1.18 bits per heavy atom. The van der Waals surface area contributed by atoms with Gasteiger partial charge in [0.15, 0.2) is 0 Å². The normalized spacial score (nSPS) is 34.0. The Kier molecular flexibility index (Phi) is 3.96. The van der Waals surface area contributed by atoms with Gasteiger partial charge in [-0.25, -0.2) is 0 Å². The van der Waals surface area contributed by atoms with Crippen LogP contribution in [-0.2, 0) is 9.59 Å². The number of fused-ring (bicyclic) bond motifs is 2. The van der Waals surface area contributed by atoms with E-state index in [0.717, 1.165) is 58.4 Å². The Bertz CT molecular complexity index is 471. The lowest BCUT2D eigenvalue weighted by Gasteiger charge is -2.44. The third-order valence-electron chi connectivity index (χ3n) is 6.75. The van der Waals surface area contributed by atoms with E-state index in [4.69, 9.17) is 0 Å². The maximum atomic E-state index is 12.7. The number of piperidine rings is 1. The fourth-order valence-corrected chi connectivity index (χ4v) is 5.38. The standard InChI is InChI=1S/C17H29N3O2/c1-4-19-11-14-16(7-9-20(10-8-16)13(2)21)5-6-17(14,12-19)15(22)18-3/h14H,4-12H2,1-3H3,(H,18,22)/t14-,17+/m0/s1. The zero-order chi connectivity index (χ0) is 16.0. The number of carbonyl (C=O) groups is 2. The molecule has 0 aromatic heterocycles. The summed E-state index contributed by atoms with van der Waals surface area (Å²) in [4.78, 5) is 28.7. The van der Waals surface area contributed by atoms with Gasteiger partial charge in [-0.2, -0.15) is 0 Å². The number of hydrogen-bond acceptors (Lipinski definition) is 3. The zero-order valence-corrected chi connectivity index (χ0v) is 14.2. The number of hydrogen-bond donors (Lipinski definition) is 1. The smallest absolute Gasteiger partial charge is 0.227 e. The summed E-state index contributed by atoms with van der Waals surface area (Å²) < 4.78 is 0. The van der Waals surface area contributed by atoms with Gasteiger partial charge in [-0.15, -0.1) is 0 Å². The Balaban J connectivity index is 1.84. The van der Waals surface area contributed by atoms with E-state index >= 15 is 0 Å². The summed E-state index contributed by atoms with van der Waals surface area (Å²) in [6.45, 7) is 8.55. The molecule has 1 spiro atoms. The molecule has 3 fully saturated rings. The minimum Gasteiger partial charge on any atom is -0.359 e. The summed E-state index contributed by atoms with van der Waals surface area (Å²) in [6, 6.07) is 0. The predicted molar refractivity (Wildman–Crippen MR) is 85.3 cm³/mol. The van der Waals surface area contributed by atoms with Crippen LogP contribution in [0.2, 0.25) is 0 Å².